The first-order valence-electron chi connectivity index (χ1n) is 9.06. The first-order chi connectivity index (χ1) is 13.1. The van der Waals surface area contributed by atoms with E-state index in [1.165, 1.54) is 11.1 Å². The summed E-state index contributed by atoms with van der Waals surface area (Å²) in [5.74, 6) is 1.48. The number of aromatic nitrogens is 2. The number of nitrogens with zero attached hydrogens (tertiary/aromatic N) is 3. The van der Waals surface area contributed by atoms with Gasteiger partial charge in [-0.15, -0.1) is 0 Å². The van der Waals surface area contributed by atoms with Crippen LogP contribution in [0.25, 0.3) is 10.8 Å². The van der Waals surface area contributed by atoms with Gasteiger partial charge in [-0.2, -0.15) is 5.10 Å². The van der Waals surface area contributed by atoms with Crippen molar-refractivity contribution in [3.63, 3.8) is 0 Å². The van der Waals surface area contributed by atoms with Crippen LogP contribution in [0, 0.1) is 0 Å². The molecule has 0 aliphatic carbocycles. The Kier molecular flexibility index (Phi) is 4.58. The molecule has 3 aromatic rings. The molecule has 0 radical (unpaired) electrons. The molecule has 4 rings (SSSR count). The summed E-state index contributed by atoms with van der Waals surface area (Å²) >= 11 is 0. The van der Waals surface area contributed by atoms with E-state index in [9.17, 15) is 4.79 Å². The highest BCUT2D eigenvalue weighted by Gasteiger charge is 2.26. The van der Waals surface area contributed by atoms with E-state index in [0.717, 1.165) is 29.9 Å². The first-order valence-corrected chi connectivity index (χ1v) is 9.06. The van der Waals surface area contributed by atoms with Crippen LogP contribution < -0.4 is 15.0 Å². The van der Waals surface area contributed by atoms with Crippen LogP contribution in [0.1, 0.15) is 24.1 Å². The van der Waals surface area contributed by atoms with E-state index in [2.05, 4.69) is 23.0 Å². The van der Waals surface area contributed by atoms with Crippen LogP contribution in [0.4, 0.5) is 0 Å². The fourth-order valence-electron chi connectivity index (χ4n) is 3.79. The van der Waals surface area contributed by atoms with E-state index in [0.29, 0.717) is 12.1 Å². The second kappa shape index (κ2) is 7.04. The van der Waals surface area contributed by atoms with Gasteiger partial charge in [0.1, 0.15) is 0 Å². The maximum Gasteiger partial charge on any atom is 0.275 e. The van der Waals surface area contributed by atoms with Gasteiger partial charge in [-0.3, -0.25) is 9.69 Å². The summed E-state index contributed by atoms with van der Waals surface area (Å²) in [7, 11) is 3.30. The number of hydrogen-bond donors (Lipinski definition) is 0. The Morgan fingerprint density at radius 2 is 1.89 bits per heavy atom. The van der Waals surface area contributed by atoms with Crippen LogP contribution in [0.5, 0.6) is 11.5 Å². The van der Waals surface area contributed by atoms with Crippen molar-refractivity contribution in [3.8, 4) is 11.5 Å². The topological polar surface area (TPSA) is 56.6 Å². The number of hydrogen-bond acceptors (Lipinski definition) is 5. The molecular weight excluding hydrogens is 342 g/mol. The third-order valence-electron chi connectivity index (χ3n) is 5.39. The van der Waals surface area contributed by atoms with Gasteiger partial charge in [0, 0.05) is 18.0 Å². The van der Waals surface area contributed by atoms with Crippen molar-refractivity contribution in [1.29, 1.82) is 0 Å². The predicted molar refractivity (Wildman–Crippen MR) is 104 cm³/mol. The van der Waals surface area contributed by atoms with Crippen molar-refractivity contribution in [2.24, 2.45) is 0 Å². The SMILES string of the molecule is COc1cc2c(cc1OC)[C@@H](C)N(Cn1ncc3ccccc3c1=O)CC2. The van der Waals surface area contributed by atoms with Gasteiger partial charge in [0.25, 0.3) is 5.56 Å². The molecule has 0 saturated heterocycles. The lowest BCUT2D eigenvalue weighted by Gasteiger charge is -2.35. The third-order valence-corrected chi connectivity index (χ3v) is 5.39. The Morgan fingerprint density at radius 1 is 1.15 bits per heavy atom. The Hall–Kier alpha value is -2.86. The molecule has 1 aliphatic heterocycles. The molecule has 0 bridgehead atoms. The van der Waals surface area contributed by atoms with Crippen LogP contribution in [0.2, 0.25) is 0 Å². The van der Waals surface area contributed by atoms with E-state index in [-0.39, 0.29) is 11.6 Å². The van der Waals surface area contributed by atoms with Crippen molar-refractivity contribution in [1.82, 2.24) is 14.7 Å². The average Bonchev–Trinajstić information content (AvgIpc) is 2.71. The minimum Gasteiger partial charge on any atom is -0.493 e. The average molecular weight is 365 g/mol. The summed E-state index contributed by atoms with van der Waals surface area (Å²) in [6.07, 6.45) is 2.65. The molecule has 6 heteroatoms. The minimum absolute atomic E-state index is 0.0570. The number of ether oxygens (including phenoxy) is 2. The highest BCUT2D eigenvalue weighted by atomic mass is 16.5. The zero-order valence-electron chi connectivity index (χ0n) is 15.8. The number of methoxy groups -OCH3 is 2. The van der Waals surface area contributed by atoms with Gasteiger partial charge >= 0.3 is 0 Å². The maximum atomic E-state index is 12.8. The molecule has 0 N–H and O–H groups in total. The molecule has 140 valence electrons. The standard InChI is InChI=1S/C21H23N3O3/c1-14-18-11-20(27-3)19(26-2)10-15(18)8-9-23(14)13-24-21(25)17-7-5-4-6-16(17)12-22-24/h4-7,10-12,14H,8-9,13H2,1-3H3/t14-/m1/s1. The smallest absolute Gasteiger partial charge is 0.275 e. The molecule has 0 unspecified atom stereocenters. The van der Waals surface area contributed by atoms with Crippen LogP contribution >= 0.6 is 0 Å². The summed E-state index contributed by atoms with van der Waals surface area (Å²) in [6.45, 7) is 3.46. The highest BCUT2D eigenvalue weighted by molar-refractivity contribution is 5.80. The summed E-state index contributed by atoms with van der Waals surface area (Å²) in [4.78, 5) is 15.0. The predicted octanol–water partition coefficient (Wildman–Crippen LogP) is 2.99. The molecule has 0 fully saturated rings. The van der Waals surface area contributed by atoms with Crippen LogP contribution in [-0.2, 0) is 13.1 Å². The number of rotatable bonds is 4. The quantitative estimate of drug-likeness (QED) is 0.711. The lowest BCUT2D eigenvalue weighted by Crippen LogP contribution is -2.39. The van der Waals surface area contributed by atoms with Crippen LogP contribution in [0.3, 0.4) is 0 Å². The van der Waals surface area contributed by atoms with Gasteiger partial charge in [-0.05, 0) is 42.7 Å². The van der Waals surface area contributed by atoms with E-state index in [1.54, 1.807) is 25.1 Å². The summed E-state index contributed by atoms with van der Waals surface area (Å²) in [5.41, 5.74) is 2.40. The van der Waals surface area contributed by atoms with Gasteiger partial charge in [-0.1, -0.05) is 18.2 Å². The molecule has 27 heavy (non-hydrogen) atoms. The minimum atomic E-state index is -0.0570. The highest BCUT2D eigenvalue weighted by Crippen LogP contribution is 2.37. The van der Waals surface area contributed by atoms with Gasteiger partial charge in [-0.25, -0.2) is 4.68 Å². The molecule has 2 aromatic carbocycles. The maximum absolute atomic E-state index is 12.8. The second-order valence-electron chi connectivity index (χ2n) is 6.82. The summed E-state index contributed by atoms with van der Waals surface area (Å²) in [5, 5.41) is 5.94. The lowest BCUT2D eigenvalue weighted by atomic mass is 9.93. The van der Waals surface area contributed by atoms with Crippen LogP contribution in [-0.4, -0.2) is 35.4 Å². The first kappa shape index (κ1) is 17.5. The van der Waals surface area contributed by atoms with E-state index < -0.39 is 0 Å². The Balaban J connectivity index is 1.66. The van der Waals surface area contributed by atoms with Crippen molar-refractivity contribution in [3.05, 3.63) is 64.1 Å². The van der Waals surface area contributed by atoms with E-state index in [4.69, 9.17) is 9.47 Å². The number of benzene rings is 2. The fourth-order valence-corrected chi connectivity index (χ4v) is 3.79. The van der Waals surface area contributed by atoms with Gasteiger partial charge in [0.2, 0.25) is 0 Å². The molecule has 0 amide bonds. The Bertz CT molecular complexity index is 1040. The zero-order valence-corrected chi connectivity index (χ0v) is 15.8. The van der Waals surface area contributed by atoms with Gasteiger partial charge < -0.3 is 9.47 Å². The molecule has 0 spiro atoms. The Morgan fingerprint density at radius 3 is 2.67 bits per heavy atom. The molecule has 1 aromatic heterocycles. The molecule has 0 saturated carbocycles. The van der Waals surface area contributed by atoms with Gasteiger partial charge in [0.05, 0.1) is 32.5 Å². The molecule has 1 aliphatic rings. The van der Waals surface area contributed by atoms with Crippen molar-refractivity contribution in [2.45, 2.75) is 26.1 Å². The number of fused-ring (bicyclic) bond motifs is 2. The van der Waals surface area contributed by atoms with Crippen LogP contribution in [0.15, 0.2) is 47.4 Å². The lowest BCUT2D eigenvalue weighted by molar-refractivity contribution is 0.140. The second-order valence-corrected chi connectivity index (χ2v) is 6.82. The van der Waals surface area contributed by atoms with Crippen molar-refractivity contribution < 1.29 is 9.47 Å². The molecular formula is C21H23N3O3. The van der Waals surface area contributed by atoms with E-state index >= 15 is 0 Å². The Labute approximate surface area is 157 Å². The monoisotopic (exact) mass is 365 g/mol. The summed E-state index contributed by atoms with van der Waals surface area (Å²) in [6, 6.07) is 11.8. The molecule has 1 atom stereocenters. The van der Waals surface area contributed by atoms with Gasteiger partial charge in [0.15, 0.2) is 11.5 Å². The molecule has 6 nitrogen and oxygen atoms in total. The summed E-state index contributed by atoms with van der Waals surface area (Å²) < 4.78 is 12.4. The largest absolute Gasteiger partial charge is 0.493 e. The normalized spacial score (nSPS) is 16.9. The van der Waals surface area contributed by atoms with E-state index in [1.807, 2.05) is 30.3 Å². The van der Waals surface area contributed by atoms with Crippen molar-refractivity contribution in [2.75, 3.05) is 20.8 Å². The molecule has 2 heterocycles. The van der Waals surface area contributed by atoms with Crippen molar-refractivity contribution >= 4 is 10.8 Å². The fraction of sp³-hybridized carbons (Fsp3) is 0.333. The third kappa shape index (κ3) is 3.06. The zero-order chi connectivity index (χ0) is 19.0.